The lowest BCUT2D eigenvalue weighted by molar-refractivity contribution is 0.912. The summed E-state index contributed by atoms with van der Waals surface area (Å²) in [5.74, 6) is 0. The molecule has 94 valence electrons. The van der Waals surface area contributed by atoms with E-state index in [4.69, 9.17) is 5.73 Å². The van der Waals surface area contributed by atoms with Crippen molar-refractivity contribution in [1.29, 1.82) is 0 Å². The highest BCUT2D eigenvalue weighted by atomic mass is 14.6. The third kappa shape index (κ3) is 5.11. The van der Waals surface area contributed by atoms with Gasteiger partial charge in [-0.2, -0.15) is 0 Å². The van der Waals surface area contributed by atoms with Crippen LogP contribution < -0.4 is 22.9 Å². The predicted octanol–water partition coefficient (Wildman–Crippen LogP) is 0.482. The Morgan fingerprint density at radius 3 is 1.94 bits per heavy atom. The molecule has 0 spiro atoms. The van der Waals surface area contributed by atoms with E-state index < -0.39 is 0 Å². The van der Waals surface area contributed by atoms with E-state index in [1.165, 1.54) is 51.5 Å². The molecule has 1 aliphatic rings. The minimum atomic E-state index is 0.981. The first-order valence-electron chi connectivity index (χ1n) is 5.47. The quantitative estimate of drug-likeness (QED) is 0.483. The van der Waals surface area contributed by atoms with Crippen molar-refractivity contribution in [3.05, 3.63) is 29.3 Å². The summed E-state index contributed by atoms with van der Waals surface area (Å²) in [5.41, 5.74) is 23.1. The van der Waals surface area contributed by atoms with Gasteiger partial charge in [0.05, 0.1) is 0 Å². The Hall–Kier alpha value is -1.10. The molecule has 1 aliphatic carbocycles. The molecule has 8 N–H and O–H groups in total. The summed E-state index contributed by atoms with van der Waals surface area (Å²) in [6, 6.07) is 6.21. The molecule has 0 fully saturated rings. The molecular weight excluding hydrogens is 200 g/mol. The van der Waals surface area contributed by atoms with Crippen molar-refractivity contribution in [1.82, 2.24) is 0 Å². The van der Waals surface area contributed by atoms with Crippen LogP contribution in [0.3, 0.4) is 0 Å². The van der Waals surface area contributed by atoms with E-state index in [9.17, 15) is 0 Å². The van der Waals surface area contributed by atoms with Gasteiger partial charge in [-0.1, -0.05) is 12.1 Å². The maximum Gasteiger partial charge on any atom is 0.0349 e. The summed E-state index contributed by atoms with van der Waals surface area (Å²) in [6.45, 7) is 0. The summed E-state index contributed by atoms with van der Waals surface area (Å²) >= 11 is 0. The van der Waals surface area contributed by atoms with E-state index in [0.29, 0.717) is 0 Å². The van der Waals surface area contributed by atoms with Crippen LogP contribution in [0.4, 0.5) is 5.69 Å². The molecule has 1 aromatic rings. The van der Waals surface area contributed by atoms with Gasteiger partial charge in [0.25, 0.3) is 0 Å². The van der Waals surface area contributed by atoms with Crippen molar-refractivity contribution in [3.63, 3.8) is 0 Å². The highest BCUT2D eigenvalue weighted by Crippen LogP contribution is 2.26. The highest BCUT2D eigenvalue weighted by molar-refractivity contribution is 5.52. The number of nitrogens with two attached hydrogens (primary N) is 4. The fourth-order valence-corrected chi connectivity index (χ4v) is 1.65. The van der Waals surface area contributed by atoms with Crippen LogP contribution in [0, 0.1) is 0 Å². The fraction of sp³-hybridized carbons (Fsp3) is 0.500. The summed E-state index contributed by atoms with van der Waals surface area (Å²) < 4.78 is 0. The van der Waals surface area contributed by atoms with Crippen molar-refractivity contribution >= 4 is 5.69 Å². The number of anilines is 1. The standard InChI is InChI=1S/C9H11N.3CH5N/c10-9-6-2-4-7-3-1-5-8(7)9;3*1-2/h2,4,6H,1,3,5,10H2;3*2H2,1H3. The average Bonchev–Trinajstić information content (AvgIpc) is 2.87. The van der Waals surface area contributed by atoms with E-state index in [1.807, 2.05) is 12.1 Å². The first-order chi connectivity index (χ1) is 7.88. The number of aryl methyl sites for hydroxylation is 1. The van der Waals surface area contributed by atoms with Crippen LogP contribution in [-0.2, 0) is 12.8 Å². The molecule has 0 bridgehead atoms. The molecule has 0 aromatic heterocycles. The minimum absolute atomic E-state index is 0.981. The Balaban J connectivity index is 0. The van der Waals surface area contributed by atoms with Gasteiger partial charge in [-0.3, -0.25) is 0 Å². The molecule has 1 aromatic carbocycles. The maximum atomic E-state index is 5.77. The van der Waals surface area contributed by atoms with Crippen LogP contribution in [0.15, 0.2) is 18.2 Å². The number of hydrogen-bond donors (Lipinski definition) is 4. The zero-order valence-corrected chi connectivity index (χ0v) is 10.7. The van der Waals surface area contributed by atoms with Gasteiger partial charge in [-0.25, -0.2) is 0 Å². The maximum absolute atomic E-state index is 5.77. The monoisotopic (exact) mass is 226 g/mol. The zero-order chi connectivity index (χ0) is 13.0. The van der Waals surface area contributed by atoms with E-state index in [1.54, 1.807) is 0 Å². The van der Waals surface area contributed by atoms with E-state index >= 15 is 0 Å². The summed E-state index contributed by atoms with van der Waals surface area (Å²) in [5, 5.41) is 0. The summed E-state index contributed by atoms with van der Waals surface area (Å²) in [6.07, 6.45) is 3.69. The Morgan fingerprint density at radius 1 is 0.875 bits per heavy atom. The molecule has 16 heavy (non-hydrogen) atoms. The van der Waals surface area contributed by atoms with E-state index in [-0.39, 0.29) is 0 Å². The molecule has 4 heteroatoms. The fourth-order valence-electron chi connectivity index (χ4n) is 1.65. The van der Waals surface area contributed by atoms with Gasteiger partial charge in [0.15, 0.2) is 0 Å². The van der Waals surface area contributed by atoms with Gasteiger partial charge < -0.3 is 22.9 Å². The van der Waals surface area contributed by atoms with Crippen molar-refractivity contribution in [2.75, 3.05) is 26.9 Å². The first kappa shape index (κ1) is 17.3. The molecular formula is C12H26N4. The molecule has 0 radical (unpaired) electrons. The van der Waals surface area contributed by atoms with Gasteiger partial charge in [0.2, 0.25) is 0 Å². The van der Waals surface area contributed by atoms with Crippen LogP contribution in [0.1, 0.15) is 17.5 Å². The second-order valence-corrected chi connectivity index (χ2v) is 2.84. The molecule has 0 saturated heterocycles. The number of rotatable bonds is 0. The Labute approximate surface area is 99.0 Å². The minimum Gasteiger partial charge on any atom is -0.398 e. The molecule has 4 nitrogen and oxygen atoms in total. The smallest absolute Gasteiger partial charge is 0.0349 e. The van der Waals surface area contributed by atoms with E-state index in [2.05, 4.69) is 23.3 Å². The van der Waals surface area contributed by atoms with Crippen LogP contribution >= 0.6 is 0 Å². The Morgan fingerprint density at radius 2 is 1.44 bits per heavy atom. The lowest BCUT2D eigenvalue weighted by atomic mass is 10.1. The van der Waals surface area contributed by atoms with Gasteiger partial charge in [0, 0.05) is 5.69 Å². The third-order valence-electron chi connectivity index (χ3n) is 2.18. The first-order valence-corrected chi connectivity index (χ1v) is 5.47. The summed E-state index contributed by atoms with van der Waals surface area (Å²) in [7, 11) is 4.50. The topological polar surface area (TPSA) is 104 Å². The van der Waals surface area contributed by atoms with Gasteiger partial charge in [-0.05, 0) is 57.6 Å². The van der Waals surface area contributed by atoms with Gasteiger partial charge >= 0.3 is 0 Å². The zero-order valence-electron chi connectivity index (χ0n) is 10.7. The van der Waals surface area contributed by atoms with E-state index in [0.717, 1.165) is 5.69 Å². The highest BCUT2D eigenvalue weighted by Gasteiger charge is 2.11. The van der Waals surface area contributed by atoms with Crippen LogP contribution in [0.5, 0.6) is 0 Å². The molecule has 0 atom stereocenters. The van der Waals surface area contributed by atoms with Crippen LogP contribution in [0.2, 0.25) is 0 Å². The normalized spacial score (nSPS) is 10.6. The largest absolute Gasteiger partial charge is 0.398 e. The molecule has 0 aliphatic heterocycles. The van der Waals surface area contributed by atoms with Crippen molar-refractivity contribution < 1.29 is 0 Å². The van der Waals surface area contributed by atoms with Crippen molar-refractivity contribution in [2.24, 2.45) is 17.2 Å². The number of benzene rings is 1. The Bertz CT molecular complexity index is 261. The second-order valence-electron chi connectivity index (χ2n) is 2.84. The van der Waals surface area contributed by atoms with Crippen LogP contribution in [0.25, 0.3) is 0 Å². The number of fused-ring (bicyclic) bond motifs is 1. The third-order valence-corrected chi connectivity index (χ3v) is 2.18. The van der Waals surface area contributed by atoms with Crippen molar-refractivity contribution in [3.8, 4) is 0 Å². The number of nitrogen functional groups attached to an aromatic ring is 1. The molecule has 2 rings (SSSR count). The SMILES string of the molecule is CN.CN.CN.Nc1cccc2c1CCC2. The van der Waals surface area contributed by atoms with Gasteiger partial charge in [0.1, 0.15) is 0 Å². The molecule has 0 heterocycles. The molecule has 0 saturated carbocycles. The van der Waals surface area contributed by atoms with Gasteiger partial charge in [-0.15, -0.1) is 0 Å². The molecule has 0 amide bonds. The average molecular weight is 226 g/mol. The summed E-state index contributed by atoms with van der Waals surface area (Å²) in [4.78, 5) is 0. The lowest BCUT2D eigenvalue weighted by Gasteiger charge is -2.00. The second kappa shape index (κ2) is 12.0. The number of hydrogen-bond acceptors (Lipinski definition) is 4. The van der Waals surface area contributed by atoms with Crippen molar-refractivity contribution in [2.45, 2.75) is 19.3 Å². The Kier molecular flexibility index (Phi) is 12.9. The lowest BCUT2D eigenvalue weighted by Crippen LogP contribution is -1.91. The molecule has 0 unspecified atom stereocenters. The predicted molar refractivity (Wildman–Crippen MR) is 73.2 cm³/mol. The van der Waals surface area contributed by atoms with Crippen LogP contribution in [-0.4, -0.2) is 21.1 Å².